The predicted molar refractivity (Wildman–Crippen MR) is 93.4 cm³/mol. The zero-order chi connectivity index (χ0) is 18.0. The van der Waals surface area contributed by atoms with Crippen molar-refractivity contribution in [2.24, 2.45) is 5.92 Å². The van der Waals surface area contributed by atoms with Crippen molar-refractivity contribution in [1.82, 2.24) is 14.8 Å². The summed E-state index contributed by atoms with van der Waals surface area (Å²) in [7, 11) is 1.43. The Morgan fingerprint density at radius 1 is 1.36 bits per heavy atom. The van der Waals surface area contributed by atoms with Crippen molar-refractivity contribution >= 4 is 5.97 Å². The van der Waals surface area contributed by atoms with E-state index in [4.69, 9.17) is 9.47 Å². The molecule has 1 unspecified atom stereocenters. The highest BCUT2D eigenvalue weighted by Gasteiger charge is 2.28. The number of hydrogen-bond acceptors (Lipinski definition) is 5. The molecule has 0 saturated carbocycles. The molecular weight excluding hydrogens is 318 g/mol. The fourth-order valence-corrected chi connectivity index (χ4v) is 3.23. The van der Waals surface area contributed by atoms with Crippen molar-refractivity contribution < 1.29 is 14.3 Å². The summed E-state index contributed by atoms with van der Waals surface area (Å²) in [6, 6.07) is 6.27. The minimum Gasteiger partial charge on any atom is -0.485 e. The summed E-state index contributed by atoms with van der Waals surface area (Å²) in [4.78, 5) is 11.8. The second kappa shape index (κ2) is 7.25. The number of benzene rings is 1. The Hall–Kier alpha value is -2.37. The molecule has 0 fully saturated rings. The van der Waals surface area contributed by atoms with Gasteiger partial charge in [0.1, 0.15) is 18.2 Å². The zero-order valence-electron chi connectivity index (χ0n) is 15.3. The van der Waals surface area contributed by atoms with Crippen LogP contribution in [0.3, 0.4) is 0 Å². The minimum absolute atomic E-state index is 0.141. The molecule has 2 heterocycles. The SMILES string of the molecule is COC(=O)C1CCc2nnc(COc3cc(C)ccc3C(C)C)n2C1. The third kappa shape index (κ3) is 3.67. The third-order valence-corrected chi connectivity index (χ3v) is 4.71. The molecule has 134 valence electrons. The number of methoxy groups -OCH3 is 1. The van der Waals surface area contributed by atoms with Gasteiger partial charge in [0.2, 0.25) is 0 Å². The van der Waals surface area contributed by atoms with Crippen molar-refractivity contribution in [3.8, 4) is 5.75 Å². The second-order valence-electron chi connectivity index (χ2n) is 6.89. The van der Waals surface area contributed by atoms with E-state index >= 15 is 0 Å². The number of esters is 1. The molecule has 3 rings (SSSR count). The number of hydrogen-bond donors (Lipinski definition) is 0. The van der Waals surface area contributed by atoms with Gasteiger partial charge in [-0.2, -0.15) is 0 Å². The number of carbonyl (C=O) groups excluding carboxylic acids is 1. The second-order valence-corrected chi connectivity index (χ2v) is 6.89. The molecule has 0 saturated heterocycles. The largest absolute Gasteiger partial charge is 0.485 e. The summed E-state index contributed by atoms with van der Waals surface area (Å²) in [6.45, 7) is 7.24. The molecule has 0 amide bonds. The Balaban J connectivity index is 1.77. The standard InChI is InChI=1S/C19H25N3O3/c1-12(2)15-7-5-13(3)9-16(15)25-11-18-21-20-17-8-6-14(10-22(17)18)19(23)24-4/h5,7,9,12,14H,6,8,10-11H2,1-4H3. The van der Waals surface area contributed by atoms with Crippen LogP contribution < -0.4 is 4.74 Å². The van der Waals surface area contributed by atoms with Crippen molar-refractivity contribution in [2.45, 2.75) is 52.7 Å². The van der Waals surface area contributed by atoms with E-state index in [0.717, 1.165) is 35.8 Å². The molecule has 1 atom stereocenters. The lowest BCUT2D eigenvalue weighted by molar-refractivity contribution is -0.146. The predicted octanol–water partition coefficient (Wildman–Crippen LogP) is 3.02. The van der Waals surface area contributed by atoms with E-state index in [-0.39, 0.29) is 11.9 Å². The Bertz CT molecular complexity index is 767. The van der Waals surface area contributed by atoms with Crippen LogP contribution in [0, 0.1) is 12.8 Å². The molecule has 0 radical (unpaired) electrons. The molecule has 6 nitrogen and oxygen atoms in total. The normalized spacial score (nSPS) is 16.6. The molecule has 2 aromatic rings. The number of fused-ring (bicyclic) bond motifs is 1. The van der Waals surface area contributed by atoms with Gasteiger partial charge in [0.05, 0.1) is 13.0 Å². The number of carbonyl (C=O) groups is 1. The van der Waals surface area contributed by atoms with Crippen LogP contribution in [0.2, 0.25) is 0 Å². The van der Waals surface area contributed by atoms with Crippen LogP contribution in [-0.2, 0) is 29.1 Å². The van der Waals surface area contributed by atoms with Crippen LogP contribution >= 0.6 is 0 Å². The first-order valence-electron chi connectivity index (χ1n) is 8.71. The summed E-state index contributed by atoms with van der Waals surface area (Å²) >= 11 is 0. The van der Waals surface area contributed by atoms with Gasteiger partial charge in [-0.1, -0.05) is 26.0 Å². The Morgan fingerprint density at radius 3 is 2.88 bits per heavy atom. The lowest BCUT2D eigenvalue weighted by Gasteiger charge is -2.22. The fourth-order valence-electron chi connectivity index (χ4n) is 3.23. The van der Waals surface area contributed by atoms with Gasteiger partial charge in [-0.05, 0) is 36.5 Å². The third-order valence-electron chi connectivity index (χ3n) is 4.71. The van der Waals surface area contributed by atoms with Crippen LogP contribution in [0.4, 0.5) is 0 Å². The molecule has 1 aromatic carbocycles. The Kier molecular flexibility index (Phi) is 5.06. The van der Waals surface area contributed by atoms with Gasteiger partial charge in [0, 0.05) is 13.0 Å². The number of rotatable bonds is 5. The average molecular weight is 343 g/mol. The van der Waals surface area contributed by atoms with E-state index in [1.807, 2.05) is 4.57 Å². The van der Waals surface area contributed by atoms with Gasteiger partial charge in [0.25, 0.3) is 0 Å². The molecule has 0 N–H and O–H groups in total. The van der Waals surface area contributed by atoms with Gasteiger partial charge in [-0.3, -0.25) is 4.79 Å². The first kappa shape index (κ1) is 17.5. The van der Waals surface area contributed by atoms with Crippen LogP contribution in [0.25, 0.3) is 0 Å². The summed E-state index contributed by atoms with van der Waals surface area (Å²) < 4.78 is 12.9. The topological polar surface area (TPSA) is 66.2 Å². The smallest absolute Gasteiger partial charge is 0.310 e. The maximum Gasteiger partial charge on any atom is 0.310 e. The Morgan fingerprint density at radius 2 is 2.16 bits per heavy atom. The lowest BCUT2D eigenvalue weighted by Crippen LogP contribution is -2.29. The Labute approximate surface area is 148 Å². The number of ether oxygens (including phenoxy) is 2. The number of aryl methyl sites for hydroxylation is 2. The van der Waals surface area contributed by atoms with Crippen molar-refractivity contribution in [3.05, 3.63) is 41.0 Å². The summed E-state index contributed by atoms with van der Waals surface area (Å²) in [5.74, 6) is 2.61. The molecule has 25 heavy (non-hydrogen) atoms. The summed E-state index contributed by atoms with van der Waals surface area (Å²) in [5, 5.41) is 8.51. The highest BCUT2D eigenvalue weighted by Crippen LogP contribution is 2.28. The van der Waals surface area contributed by atoms with Crippen LogP contribution in [0.15, 0.2) is 18.2 Å². The summed E-state index contributed by atoms with van der Waals surface area (Å²) in [5.41, 5.74) is 2.34. The molecule has 6 heteroatoms. The van der Waals surface area contributed by atoms with Crippen LogP contribution in [-0.4, -0.2) is 27.8 Å². The average Bonchev–Trinajstić information content (AvgIpc) is 3.01. The van der Waals surface area contributed by atoms with Gasteiger partial charge >= 0.3 is 5.97 Å². The number of nitrogens with zero attached hydrogens (tertiary/aromatic N) is 3. The van der Waals surface area contributed by atoms with E-state index in [1.165, 1.54) is 12.7 Å². The highest BCUT2D eigenvalue weighted by atomic mass is 16.5. The van der Waals surface area contributed by atoms with Crippen molar-refractivity contribution in [1.29, 1.82) is 0 Å². The quantitative estimate of drug-likeness (QED) is 0.781. The number of aromatic nitrogens is 3. The highest BCUT2D eigenvalue weighted by molar-refractivity contribution is 5.72. The molecule has 0 bridgehead atoms. The maximum absolute atomic E-state index is 11.8. The first-order valence-corrected chi connectivity index (χ1v) is 8.71. The van der Waals surface area contributed by atoms with Gasteiger partial charge in [0.15, 0.2) is 5.82 Å². The van der Waals surface area contributed by atoms with E-state index in [1.54, 1.807) is 0 Å². The molecule has 1 aromatic heterocycles. The first-order chi connectivity index (χ1) is 12.0. The maximum atomic E-state index is 11.8. The molecule has 1 aliphatic rings. The van der Waals surface area contributed by atoms with E-state index < -0.39 is 0 Å². The zero-order valence-corrected chi connectivity index (χ0v) is 15.3. The van der Waals surface area contributed by atoms with Gasteiger partial charge in [-0.25, -0.2) is 0 Å². The van der Waals surface area contributed by atoms with Crippen molar-refractivity contribution in [2.75, 3.05) is 7.11 Å². The molecule has 0 spiro atoms. The lowest BCUT2D eigenvalue weighted by atomic mass is 9.99. The molecular formula is C19H25N3O3. The van der Waals surface area contributed by atoms with E-state index in [0.29, 0.717) is 19.1 Å². The van der Waals surface area contributed by atoms with Crippen molar-refractivity contribution in [3.63, 3.8) is 0 Å². The minimum atomic E-state index is -0.174. The van der Waals surface area contributed by atoms with E-state index in [9.17, 15) is 4.79 Å². The van der Waals surface area contributed by atoms with Gasteiger partial charge in [-0.15, -0.1) is 10.2 Å². The van der Waals surface area contributed by atoms with E-state index in [2.05, 4.69) is 49.2 Å². The van der Waals surface area contributed by atoms with Gasteiger partial charge < -0.3 is 14.0 Å². The molecule has 1 aliphatic heterocycles. The van der Waals surface area contributed by atoms with Crippen LogP contribution in [0.1, 0.15) is 49.0 Å². The molecule has 0 aliphatic carbocycles. The monoisotopic (exact) mass is 343 g/mol. The summed E-state index contributed by atoms with van der Waals surface area (Å²) in [6.07, 6.45) is 1.48. The van der Waals surface area contributed by atoms with Crippen LogP contribution in [0.5, 0.6) is 5.75 Å². The fraction of sp³-hybridized carbons (Fsp3) is 0.526.